The maximum absolute atomic E-state index is 10.9. The molecular weight excluding hydrogens is 380 g/mol. The SMILES string of the molecule is Cc1nc2c(SCc3cccc([N+](=O)[O-])c3)nnc(-c3ccccc3)c2s1. The molecule has 4 rings (SSSR count). The van der Waals surface area contributed by atoms with Crippen molar-refractivity contribution in [3.63, 3.8) is 0 Å². The Morgan fingerprint density at radius 1 is 1.11 bits per heavy atom. The Balaban J connectivity index is 1.67. The molecule has 0 aliphatic carbocycles. The van der Waals surface area contributed by atoms with Gasteiger partial charge in [-0.2, -0.15) is 0 Å². The number of fused-ring (bicyclic) bond motifs is 1. The van der Waals surface area contributed by atoms with Gasteiger partial charge in [-0.1, -0.05) is 54.2 Å². The second-order valence-corrected chi connectivity index (χ2v) is 8.01. The number of aryl methyl sites for hydroxylation is 1. The van der Waals surface area contributed by atoms with Crippen molar-refractivity contribution >= 4 is 39.0 Å². The van der Waals surface area contributed by atoms with Gasteiger partial charge in [0, 0.05) is 23.4 Å². The van der Waals surface area contributed by atoms with Gasteiger partial charge in [-0.25, -0.2) is 4.98 Å². The van der Waals surface area contributed by atoms with Gasteiger partial charge in [-0.05, 0) is 12.5 Å². The zero-order chi connectivity index (χ0) is 18.8. The van der Waals surface area contributed by atoms with Gasteiger partial charge < -0.3 is 0 Å². The Morgan fingerprint density at radius 2 is 1.93 bits per heavy atom. The van der Waals surface area contributed by atoms with Gasteiger partial charge in [-0.3, -0.25) is 10.1 Å². The van der Waals surface area contributed by atoms with Crippen molar-refractivity contribution in [3.8, 4) is 11.3 Å². The highest BCUT2D eigenvalue weighted by atomic mass is 32.2. The standard InChI is InChI=1S/C19H14N4O2S2/c1-12-20-17-18(27-12)16(14-7-3-2-4-8-14)21-22-19(17)26-11-13-6-5-9-15(10-13)23(24)25/h2-10H,11H2,1H3. The van der Waals surface area contributed by atoms with Crippen LogP contribution in [0, 0.1) is 17.0 Å². The van der Waals surface area contributed by atoms with Crippen LogP contribution in [0.3, 0.4) is 0 Å². The van der Waals surface area contributed by atoms with Crippen LogP contribution in [0.15, 0.2) is 59.6 Å². The molecule has 27 heavy (non-hydrogen) atoms. The van der Waals surface area contributed by atoms with Crippen LogP contribution in [0.2, 0.25) is 0 Å². The lowest BCUT2D eigenvalue weighted by Gasteiger charge is -2.05. The van der Waals surface area contributed by atoms with E-state index in [1.807, 2.05) is 43.3 Å². The molecule has 0 unspecified atom stereocenters. The summed E-state index contributed by atoms with van der Waals surface area (Å²) in [5, 5.41) is 21.5. The van der Waals surface area contributed by atoms with Gasteiger partial charge in [0.1, 0.15) is 16.2 Å². The Labute approximate surface area is 163 Å². The average Bonchev–Trinajstić information content (AvgIpc) is 3.08. The molecule has 0 amide bonds. The normalized spacial score (nSPS) is 11.0. The Kier molecular flexibility index (Phi) is 4.83. The van der Waals surface area contributed by atoms with Crippen molar-refractivity contribution in [2.24, 2.45) is 0 Å². The minimum Gasteiger partial charge on any atom is -0.258 e. The summed E-state index contributed by atoms with van der Waals surface area (Å²) >= 11 is 3.09. The molecule has 4 aromatic rings. The summed E-state index contributed by atoms with van der Waals surface area (Å²) in [6.07, 6.45) is 0. The molecule has 0 aliphatic heterocycles. The molecule has 0 saturated carbocycles. The van der Waals surface area contributed by atoms with Gasteiger partial charge in [0.2, 0.25) is 0 Å². The van der Waals surface area contributed by atoms with Crippen LogP contribution in [0.25, 0.3) is 21.5 Å². The van der Waals surface area contributed by atoms with E-state index < -0.39 is 0 Å². The molecule has 2 aromatic carbocycles. The first kappa shape index (κ1) is 17.6. The molecule has 0 N–H and O–H groups in total. The molecule has 2 heterocycles. The molecule has 0 saturated heterocycles. The van der Waals surface area contributed by atoms with E-state index in [4.69, 9.17) is 0 Å². The number of non-ortho nitro benzene ring substituents is 1. The van der Waals surface area contributed by atoms with Crippen LogP contribution in [-0.2, 0) is 5.75 Å². The summed E-state index contributed by atoms with van der Waals surface area (Å²) in [5.74, 6) is 0.562. The van der Waals surface area contributed by atoms with Crippen LogP contribution in [-0.4, -0.2) is 20.1 Å². The average molecular weight is 394 g/mol. The monoisotopic (exact) mass is 394 g/mol. The lowest BCUT2D eigenvalue weighted by Crippen LogP contribution is -1.93. The van der Waals surface area contributed by atoms with E-state index in [0.717, 1.165) is 37.1 Å². The number of nitro benzene ring substituents is 1. The molecule has 8 heteroatoms. The van der Waals surface area contributed by atoms with E-state index in [0.29, 0.717) is 5.75 Å². The predicted octanol–water partition coefficient (Wildman–Crippen LogP) is 5.26. The number of hydrogen-bond donors (Lipinski definition) is 0. The number of aromatic nitrogens is 3. The number of benzene rings is 2. The Morgan fingerprint density at radius 3 is 2.70 bits per heavy atom. The van der Waals surface area contributed by atoms with Gasteiger partial charge in [0.25, 0.3) is 5.69 Å². The first-order valence-corrected chi connectivity index (χ1v) is 9.97. The summed E-state index contributed by atoms with van der Waals surface area (Å²) in [7, 11) is 0. The smallest absolute Gasteiger partial charge is 0.258 e. The molecule has 6 nitrogen and oxygen atoms in total. The second kappa shape index (κ2) is 7.42. The quantitative estimate of drug-likeness (QED) is 0.261. The summed E-state index contributed by atoms with van der Waals surface area (Å²) in [4.78, 5) is 15.2. The third kappa shape index (κ3) is 3.67. The first-order chi connectivity index (χ1) is 13.1. The van der Waals surface area contributed by atoms with Crippen LogP contribution in [0.5, 0.6) is 0 Å². The summed E-state index contributed by atoms with van der Waals surface area (Å²) in [6, 6.07) is 16.6. The highest BCUT2D eigenvalue weighted by Gasteiger charge is 2.16. The fourth-order valence-electron chi connectivity index (χ4n) is 2.71. The number of nitrogens with zero attached hydrogens (tertiary/aromatic N) is 4. The highest BCUT2D eigenvalue weighted by Crippen LogP contribution is 2.36. The molecule has 0 fully saturated rings. The van der Waals surface area contributed by atoms with Crippen LogP contribution in [0.1, 0.15) is 10.6 Å². The van der Waals surface area contributed by atoms with E-state index in [1.165, 1.54) is 17.8 Å². The predicted molar refractivity (Wildman–Crippen MR) is 108 cm³/mol. The topological polar surface area (TPSA) is 81.8 Å². The van der Waals surface area contributed by atoms with E-state index in [9.17, 15) is 10.1 Å². The van der Waals surface area contributed by atoms with E-state index >= 15 is 0 Å². The minimum absolute atomic E-state index is 0.0910. The van der Waals surface area contributed by atoms with Crippen molar-refractivity contribution < 1.29 is 4.92 Å². The summed E-state index contributed by atoms with van der Waals surface area (Å²) in [6.45, 7) is 1.97. The fraction of sp³-hybridized carbons (Fsp3) is 0.105. The summed E-state index contributed by atoms with van der Waals surface area (Å²) < 4.78 is 1.01. The van der Waals surface area contributed by atoms with Crippen LogP contribution < -0.4 is 0 Å². The molecule has 0 bridgehead atoms. The summed E-state index contributed by atoms with van der Waals surface area (Å²) in [5.41, 5.74) is 3.63. The van der Waals surface area contributed by atoms with Crippen LogP contribution in [0.4, 0.5) is 5.69 Å². The van der Waals surface area contributed by atoms with Crippen molar-refractivity contribution in [1.29, 1.82) is 0 Å². The molecule has 0 spiro atoms. The van der Waals surface area contributed by atoms with E-state index in [-0.39, 0.29) is 10.6 Å². The Bertz CT molecular complexity index is 1130. The molecule has 134 valence electrons. The van der Waals surface area contributed by atoms with E-state index in [1.54, 1.807) is 23.5 Å². The molecule has 0 aliphatic rings. The van der Waals surface area contributed by atoms with Gasteiger partial charge >= 0.3 is 0 Å². The second-order valence-electron chi connectivity index (χ2n) is 5.85. The maximum Gasteiger partial charge on any atom is 0.269 e. The van der Waals surface area contributed by atoms with Crippen molar-refractivity contribution in [3.05, 3.63) is 75.3 Å². The minimum atomic E-state index is -0.384. The zero-order valence-corrected chi connectivity index (χ0v) is 16.0. The van der Waals surface area contributed by atoms with Gasteiger partial charge in [0.05, 0.1) is 14.6 Å². The number of hydrogen-bond acceptors (Lipinski definition) is 7. The fourth-order valence-corrected chi connectivity index (χ4v) is 4.57. The van der Waals surface area contributed by atoms with Gasteiger partial charge in [-0.15, -0.1) is 21.5 Å². The third-order valence-electron chi connectivity index (χ3n) is 3.94. The maximum atomic E-state index is 10.9. The highest BCUT2D eigenvalue weighted by molar-refractivity contribution is 7.98. The molecular formula is C19H14N4O2S2. The van der Waals surface area contributed by atoms with Crippen molar-refractivity contribution in [1.82, 2.24) is 15.2 Å². The Hall–Kier alpha value is -2.84. The molecule has 0 radical (unpaired) electrons. The third-order valence-corrected chi connectivity index (χ3v) is 5.94. The zero-order valence-electron chi connectivity index (χ0n) is 14.3. The van der Waals surface area contributed by atoms with Crippen LogP contribution >= 0.6 is 23.1 Å². The number of thioether (sulfide) groups is 1. The number of nitro groups is 1. The lowest BCUT2D eigenvalue weighted by atomic mass is 10.1. The van der Waals surface area contributed by atoms with Crippen molar-refractivity contribution in [2.45, 2.75) is 17.7 Å². The molecule has 0 atom stereocenters. The van der Waals surface area contributed by atoms with Crippen molar-refractivity contribution in [2.75, 3.05) is 0 Å². The lowest BCUT2D eigenvalue weighted by molar-refractivity contribution is -0.384. The van der Waals surface area contributed by atoms with Gasteiger partial charge in [0.15, 0.2) is 0 Å². The number of rotatable bonds is 5. The number of thiazole rings is 1. The van der Waals surface area contributed by atoms with E-state index in [2.05, 4.69) is 15.2 Å². The first-order valence-electron chi connectivity index (χ1n) is 8.17. The molecule has 2 aromatic heterocycles. The largest absolute Gasteiger partial charge is 0.269 e.